The molecule has 0 radical (unpaired) electrons. The second-order valence-corrected chi connectivity index (χ2v) is 6.68. The minimum absolute atomic E-state index is 0.0423. The smallest absolute Gasteiger partial charge is 0.274 e. The van der Waals surface area contributed by atoms with Crippen LogP contribution in [0.1, 0.15) is 37.5 Å². The number of phenols is 1. The van der Waals surface area contributed by atoms with E-state index in [1.165, 1.54) is 16.8 Å². The third kappa shape index (κ3) is 4.15. The van der Waals surface area contributed by atoms with Crippen LogP contribution in [-0.4, -0.2) is 26.7 Å². The first-order valence-electron chi connectivity index (χ1n) is 8.54. The Morgan fingerprint density at radius 1 is 1.04 bits per heavy atom. The van der Waals surface area contributed by atoms with Gasteiger partial charge < -0.3 is 5.11 Å². The zero-order valence-electron chi connectivity index (χ0n) is 15.4. The molecule has 0 saturated carbocycles. The van der Waals surface area contributed by atoms with Gasteiger partial charge in [-0.1, -0.05) is 53.6 Å². The highest BCUT2D eigenvalue weighted by Crippen LogP contribution is 2.21. The van der Waals surface area contributed by atoms with Gasteiger partial charge in [0.1, 0.15) is 16.5 Å². The minimum atomic E-state index is -0.646. The number of carbonyl (C=O) groups excluding carboxylic acids is 2. The Morgan fingerprint density at radius 2 is 1.68 bits per heavy atom. The van der Waals surface area contributed by atoms with E-state index in [4.69, 9.17) is 11.6 Å². The monoisotopic (exact) mass is 398 g/mol. The standard InChI is InChI=1S/C20H19ClN4O3/c1-12-7-9-14(10-8-12)11-25-18(21)17(13(2)24-25)20(28)23-22-19(27)15-5-3-4-6-16(15)26/h3-10,26H,11H2,1-2H3,(H,22,27)(H,23,28). The summed E-state index contributed by atoms with van der Waals surface area (Å²) in [4.78, 5) is 24.6. The Bertz CT molecular complexity index is 1030. The zero-order valence-corrected chi connectivity index (χ0v) is 16.1. The van der Waals surface area contributed by atoms with E-state index in [2.05, 4.69) is 16.0 Å². The Hall–Kier alpha value is -3.32. The molecule has 0 atom stereocenters. The number of nitrogens with zero attached hydrogens (tertiary/aromatic N) is 2. The van der Waals surface area contributed by atoms with E-state index in [0.717, 1.165) is 11.1 Å². The molecular formula is C20H19ClN4O3. The number of rotatable bonds is 4. The fourth-order valence-corrected chi connectivity index (χ4v) is 3.01. The van der Waals surface area contributed by atoms with Crippen LogP contribution >= 0.6 is 11.6 Å². The second kappa shape index (κ2) is 8.14. The maximum atomic E-state index is 12.5. The lowest BCUT2D eigenvalue weighted by Gasteiger charge is -2.08. The van der Waals surface area contributed by atoms with E-state index in [-0.39, 0.29) is 22.0 Å². The zero-order chi connectivity index (χ0) is 20.3. The fraction of sp³-hybridized carbons (Fsp3) is 0.150. The first-order valence-corrected chi connectivity index (χ1v) is 8.91. The van der Waals surface area contributed by atoms with Crippen LogP contribution < -0.4 is 10.9 Å². The molecule has 3 rings (SSSR count). The Labute approximate surface area is 166 Å². The van der Waals surface area contributed by atoms with Crippen molar-refractivity contribution in [1.29, 1.82) is 0 Å². The molecule has 0 unspecified atom stereocenters. The summed E-state index contributed by atoms with van der Waals surface area (Å²) in [6.07, 6.45) is 0. The van der Waals surface area contributed by atoms with Gasteiger partial charge in [-0.25, -0.2) is 4.68 Å². The first kappa shape index (κ1) is 19.4. The summed E-state index contributed by atoms with van der Waals surface area (Å²) in [5.41, 5.74) is 7.36. The van der Waals surface area contributed by atoms with Gasteiger partial charge in [0.15, 0.2) is 0 Å². The van der Waals surface area contributed by atoms with Crippen LogP contribution in [0.15, 0.2) is 48.5 Å². The molecule has 0 aliphatic heterocycles. The van der Waals surface area contributed by atoms with Gasteiger partial charge in [0, 0.05) is 0 Å². The lowest BCUT2D eigenvalue weighted by Crippen LogP contribution is -2.41. The first-order chi connectivity index (χ1) is 13.4. The number of para-hydroxylation sites is 1. The summed E-state index contributed by atoms with van der Waals surface area (Å²) in [6, 6.07) is 13.9. The average molecular weight is 399 g/mol. The third-order valence-electron chi connectivity index (χ3n) is 4.18. The van der Waals surface area contributed by atoms with Crippen molar-refractivity contribution >= 4 is 23.4 Å². The van der Waals surface area contributed by atoms with Crippen LogP contribution in [0.5, 0.6) is 5.75 Å². The number of aryl methyl sites for hydroxylation is 2. The van der Waals surface area contributed by atoms with Gasteiger partial charge in [-0.2, -0.15) is 5.10 Å². The molecule has 7 nitrogen and oxygen atoms in total. The summed E-state index contributed by atoms with van der Waals surface area (Å²) < 4.78 is 1.53. The molecule has 0 aliphatic carbocycles. The Balaban J connectivity index is 1.72. The van der Waals surface area contributed by atoms with Gasteiger partial charge >= 0.3 is 0 Å². The van der Waals surface area contributed by atoms with Crippen LogP contribution in [0.4, 0.5) is 0 Å². The lowest BCUT2D eigenvalue weighted by atomic mass is 10.1. The number of carbonyl (C=O) groups is 2. The van der Waals surface area contributed by atoms with Crippen molar-refractivity contribution in [1.82, 2.24) is 20.6 Å². The van der Waals surface area contributed by atoms with Crippen LogP contribution in [0.25, 0.3) is 0 Å². The molecule has 0 bridgehead atoms. The summed E-state index contributed by atoms with van der Waals surface area (Å²) in [5, 5.41) is 14.2. The molecule has 2 aromatic carbocycles. The highest BCUT2D eigenvalue weighted by molar-refractivity contribution is 6.33. The van der Waals surface area contributed by atoms with Gasteiger partial charge in [-0.05, 0) is 31.5 Å². The van der Waals surface area contributed by atoms with Gasteiger partial charge in [-0.3, -0.25) is 20.4 Å². The third-order valence-corrected chi connectivity index (χ3v) is 4.57. The van der Waals surface area contributed by atoms with Crippen molar-refractivity contribution < 1.29 is 14.7 Å². The van der Waals surface area contributed by atoms with Crippen molar-refractivity contribution in [3.8, 4) is 5.75 Å². The predicted octanol–water partition coefficient (Wildman–Crippen LogP) is 2.98. The van der Waals surface area contributed by atoms with Crippen LogP contribution in [0.3, 0.4) is 0 Å². The van der Waals surface area contributed by atoms with Gasteiger partial charge in [0.2, 0.25) is 0 Å². The molecule has 0 saturated heterocycles. The van der Waals surface area contributed by atoms with Crippen molar-refractivity contribution in [2.75, 3.05) is 0 Å². The highest BCUT2D eigenvalue weighted by Gasteiger charge is 2.21. The average Bonchev–Trinajstić information content (AvgIpc) is 2.95. The Kier molecular flexibility index (Phi) is 5.65. The van der Waals surface area contributed by atoms with E-state index in [9.17, 15) is 14.7 Å². The lowest BCUT2D eigenvalue weighted by molar-refractivity contribution is 0.0844. The van der Waals surface area contributed by atoms with Gasteiger partial charge in [-0.15, -0.1) is 0 Å². The SMILES string of the molecule is Cc1ccc(Cn2nc(C)c(C(=O)NNC(=O)c3ccccc3O)c2Cl)cc1. The molecule has 0 fully saturated rings. The van der Waals surface area contributed by atoms with Gasteiger partial charge in [0.05, 0.1) is 17.8 Å². The molecule has 0 spiro atoms. The number of benzene rings is 2. The number of aromatic hydroxyl groups is 1. The van der Waals surface area contributed by atoms with Crippen LogP contribution in [0, 0.1) is 13.8 Å². The summed E-state index contributed by atoms with van der Waals surface area (Å²) >= 11 is 6.35. The van der Waals surface area contributed by atoms with E-state index in [1.807, 2.05) is 31.2 Å². The maximum Gasteiger partial charge on any atom is 0.274 e. The number of hydrogen-bond donors (Lipinski definition) is 3. The van der Waals surface area contributed by atoms with E-state index in [1.54, 1.807) is 19.1 Å². The van der Waals surface area contributed by atoms with E-state index in [0.29, 0.717) is 12.2 Å². The number of nitrogens with one attached hydrogen (secondary N) is 2. The fourth-order valence-electron chi connectivity index (χ4n) is 2.69. The molecule has 2 amide bonds. The largest absolute Gasteiger partial charge is 0.507 e. The maximum absolute atomic E-state index is 12.5. The minimum Gasteiger partial charge on any atom is -0.507 e. The number of phenolic OH excluding ortho intramolecular Hbond substituents is 1. The molecule has 144 valence electrons. The number of hydrazine groups is 1. The van der Waals surface area contributed by atoms with Crippen molar-refractivity contribution in [3.63, 3.8) is 0 Å². The molecule has 0 aliphatic rings. The molecule has 1 heterocycles. The summed E-state index contributed by atoms with van der Waals surface area (Å²) in [6.45, 7) is 4.08. The topological polar surface area (TPSA) is 96.3 Å². The van der Waals surface area contributed by atoms with Crippen LogP contribution in [-0.2, 0) is 6.54 Å². The van der Waals surface area contributed by atoms with E-state index < -0.39 is 11.8 Å². The quantitative estimate of drug-likeness (QED) is 0.588. The highest BCUT2D eigenvalue weighted by atomic mass is 35.5. The van der Waals surface area contributed by atoms with Crippen molar-refractivity contribution in [3.05, 3.63) is 81.6 Å². The van der Waals surface area contributed by atoms with Crippen molar-refractivity contribution in [2.45, 2.75) is 20.4 Å². The number of hydrogen-bond acceptors (Lipinski definition) is 4. The summed E-state index contributed by atoms with van der Waals surface area (Å²) in [5.74, 6) is -1.43. The van der Waals surface area contributed by atoms with E-state index >= 15 is 0 Å². The molecule has 1 aromatic heterocycles. The second-order valence-electron chi connectivity index (χ2n) is 6.32. The molecule has 8 heteroatoms. The molecular weight excluding hydrogens is 380 g/mol. The summed E-state index contributed by atoms with van der Waals surface area (Å²) in [7, 11) is 0. The molecule has 3 N–H and O–H groups in total. The normalized spacial score (nSPS) is 10.5. The number of aromatic nitrogens is 2. The predicted molar refractivity (Wildman–Crippen MR) is 105 cm³/mol. The Morgan fingerprint density at radius 3 is 2.36 bits per heavy atom. The molecule has 3 aromatic rings. The van der Waals surface area contributed by atoms with Crippen LogP contribution in [0.2, 0.25) is 5.15 Å². The number of halogens is 1. The van der Waals surface area contributed by atoms with Gasteiger partial charge in [0.25, 0.3) is 11.8 Å². The van der Waals surface area contributed by atoms with Crippen molar-refractivity contribution in [2.24, 2.45) is 0 Å². The number of amides is 2. The molecule has 28 heavy (non-hydrogen) atoms.